The van der Waals surface area contributed by atoms with E-state index in [4.69, 9.17) is 0 Å². The van der Waals surface area contributed by atoms with Gasteiger partial charge in [0.15, 0.2) is 0 Å². The normalized spacial score (nSPS) is 10.4. The summed E-state index contributed by atoms with van der Waals surface area (Å²) in [4.78, 5) is 2.25. The molecule has 1 rings (SSSR count). The summed E-state index contributed by atoms with van der Waals surface area (Å²) in [6.07, 6.45) is 0. The van der Waals surface area contributed by atoms with E-state index < -0.39 is 0 Å². The Balaban J connectivity index is 2.63. The van der Waals surface area contributed by atoms with E-state index in [1.807, 2.05) is 0 Å². The number of nitrogens with zero attached hydrogens (tertiary/aromatic N) is 1. The lowest BCUT2D eigenvalue weighted by molar-refractivity contribution is 0.760. The number of rotatable bonds is 6. The average Bonchev–Trinajstić information content (AvgIpc) is 2.25. The Labute approximate surface area is 105 Å². The number of aryl methyl sites for hydroxylation is 2. The molecule has 0 atom stereocenters. The predicted molar refractivity (Wildman–Crippen MR) is 76.9 cm³/mol. The Morgan fingerprint density at radius 1 is 1.24 bits per heavy atom. The lowest BCUT2D eigenvalue weighted by atomic mass is 10.1. The second kappa shape index (κ2) is 6.45. The summed E-state index contributed by atoms with van der Waals surface area (Å²) < 4.78 is 0. The van der Waals surface area contributed by atoms with E-state index in [0.717, 1.165) is 19.6 Å². The molecular formula is C15H24N2. The van der Waals surface area contributed by atoms with E-state index in [1.165, 1.54) is 22.4 Å². The van der Waals surface area contributed by atoms with Crippen molar-refractivity contribution in [2.24, 2.45) is 0 Å². The standard InChI is InChI=1S/C15H24N2/c1-6-16-10-14(4)11-17(5)15-8-12(2)7-13(3)9-15/h7-9,16H,4,6,10-11H2,1-3,5H3. The van der Waals surface area contributed by atoms with Crippen LogP contribution in [0, 0.1) is 13.8 Å². The maximum absolute atomic E-state index is 4.10. The van der Waals surface area contributed by atoms with Gasteiger partial charge in [-0.15, -0.1) is 0 Å². The van der Waals surface area contributed by atoms with Crippen molar-refractivity contribution < 1.29 is 0 Å². The first-order valence-electron chi connectivity index (χ1n) is 6.19. The Hall–Kier alpha value is -1.28. The quantitative estimate of drug-likeness (QED) is 0.759. The summed E-state index contributed by atoms with van der Waals surface area (Å²) in [6.45, 7) is 13.3. The highest BCUT2D eigenvalue weighted by atomic mass is 15.1. The van der Waals surface area contributed by atoms with Crippen LogP contribution < -0.4 is 10.2 Å². The zero-order chi connectivity index (χ0) is 12.8. The number of likely N-dealkylation sites (N-methyl/N-ethyl adjacent to an activating group) is 2. The second-order valence-corrected chi connectivity index (χ2v) is 4.73. The summed E-state index contributed by atoms with van der Waals surface area (Å²) in [6, 6.07) is 6.63. The Kier molecular flexibility index (Phi) is 5.23. The molecule has 1 aromatic rings. The average molecular weight is 232 g/mol. The van der Waals surface area contributed by atoms with Crippen LogP contribution in [0.5, 0.6) is 0 Å². The molecule has 0 radical (unpaired) electrons. The molecule has 0 spiro atoms. The van der Waals surface area contributed by atoms with E-state index >= 15 is 0 Å². The highest BCUT2D eigenvalue weighted by Gasteiger charge is 2.04. The van der Waals surface area contributed by atoms with Gasteiger partial charge in [0.1, 0.15) is 0 Å². The van der Waals surface area contributed by atoms with Crippen LogP contribution >= 0.6 is 0 Å². The van der Waals surface area contributed by atoms with Crippen LogP contribution in [0.3, 0.4) is 0 Å². The molecule has 0 aromatic heterocycles. The molecular weight excluding hydrogens is 208 g/mol. The summed E-state index contributed by atoms with van der Waals surface area (Å²) in [5, 5.41) is 3.30. The Morgan fingerprint density at radius 3 is 2.35 bits per heavy atom. The molecule has 0 fully saturated rings. The topological polar surface area (TPSA) is 15.3 Å². The highest BCUT2D eigenvalue weighted by molar-refractivity contribution is 5.51. The number of benzene rings is 1. The molecule has 0 aliphatic carbocycles. The molecule has 17 heavy (non-hydrogen) atoms. The minimum absolute atomic E-state index is 0.894. The Morgan fingerprint density at radius 2 is 1.82 bits per heavy atom. The molecule has 94 valence electrons. The first-order chi connectivity index (χ1) is 8.02. The van der Waals surface area contributed by atoms with Gasteiger partial charge in [-0.3, -0.25) is 0 Å². The smallest absolute Gasteiger partial charge is 0.0395 e. The van der Waals surface area contributed by atoms with Crippen LogP contribution in [0.1, 0.15) is 18.1 Å². The van der Waals surface area contributed by atoms with Crippen molar-refractivity contribution in [2.75, 3.05) is 31.6 Å². The zero-order valence-corrected chi connectivity index (χ0v) is 11.5. The minimum atomic E-state index is 0.894. The van der Waals surface area contributed by atoms with E-state index in [0.29, 0.717) is 0 Å². The highest BCUT2D eigenvalue weighted by Crippen LogP contribution is 2.18. The molecule has 0 heterocycles. The van der Waals surface area contributed by atoms with Crippen molar-refractivity contribution in [1.29, 1.82) is 0 Å². The van der Waals surface area contributed by atoms with Gasteiger partial charge < -0.3 is 10.2 Å². The van der Waals surface area contributed by atoms with Crippen LogP contribution in [0.25, 0.3) is 0 Å². The van der Waals surface area contributed by atoms with Crippen LogP contribution in [0.4, 0.5) is 5.69 Å². The van der Waals surface area contributed by atoms with Gasteiger partial charge in [-0.25, -0.2) is 0 Å². The van der Waals surface area contributed by atoms with Gasteiger partial charge >= 0.3 is 0 Å². The zero-order valence-electron chi connectivity index (χ0n) is 11.5. The maximum atomic E-state index is 4.10. The van der Waals surface area contributed by atoms with Gasteiger partial charge in [-0.1, -0.05) is 19.6 Å². The first-order valence-corrected chi connectivity index (χ1v) is 6.19. The number of nitrogens with one attached hydrogen (secondary N) is 1. The summed E-state index contributed by atoms with van der Waals surface area (Å²) in [5.74, 6) is 0. The van der Waals surface area contributed by atoms with Crippen LogP contribution in [-0.4, -0.2) is 26.7 Å². The van der Waals surface area contributed by atoms with Crippen molar-refractivity contribution >= 4 is 5.69 Å². The summed E-state index contributed by atoms with van der Waals surface area (Å²) >= 11 is 0. The molecule has 0 aliphatic heterocycles. The monoisotopic (exact) mass is 232 g/mol. The molecule has 0 saturated carbocycles. The van der Waals surface area contributed by atoms with E-state index in [9.17, 15) is 0 Å². The van der Waals surface area contributed by atoms with Gasteiger partial charge in [0, 0.05) is 25.8 Å². The molecule has 0 unspecified atom stereocenters. The van der Waals surface area contributed by atoms with Crippen molar-refractivity contribution in [2.45, 2.75) is 20.8 Å². The second-order valence-electron chi connectivity index (χ2n) is 4.73. The van der Waals surface area contributed by atoms with Gasteiger partial charge in [-0.2, -0.15) is 0 Å². The first kappa shape index (κ1) is 13.8. The molecule has 0 aliphatic rings. The third-order valence-electron chi connectivity index (χ3n) is 2.73. The lowest BCUT2D eigenvalue weighted by Gasteiger charge is -2.22. The van der Waals surface area contributed by atoms with E-state index in [2.05, 4.69) is 62.8 Å². The number of anilines is 1. The fourth-order valence-electron chi connectivity index (χ4n) is 1.96. The number of hydrogen-bond acceptors (Lipinski definition) is 2. The minimum Gasteiger partial charge on any atom is -0.371 e. The van der Waals surface area contributed by atoms with Gasteiger partial charge in [0.25, 0.3) is 0 Å². The molecule has 0 bridgehead atoms. The van der Waals surface area contributed by atoms with Crippen molar-refractivity contribution in [1.82, 2.24) is 5.32 Å². The summed E-state index contributed by atoms with van der Waals surface area (Å²) in [5.41, 5.74) is 5.10. The third-order valence-corrected chi connectivity index (χ3v) is 2.73. The van der Waals surface area contributed by atoms with E-state index in [-0.39, 0.29) is 0 Å². The fourth-order valence-corrected chi connectivity index (χ4v) is 1.96. The molecule has 0 amide bonds. The molecule has 0 saturated heterocycles. The van der Waals surface area contributed by atoms with Gasteiger partial charge in [0.2, 0.25) is 0 Å². The number of hydrogen-bond donors (Lipinski definition) is 1. The predicted octanol–water partition coefficient (Wildman–Crippen LogP) is 2.91. The fraction of sp³-hybridized carbons (Fsp3) is 0.467. The van der Waals surface area contributed by atoms with Crippen molar-refractivity contribution in [3.8, 4) is 0 Å². The summed E-state index contributed by atoms with van der Waals surface area (Å²) in [7, 11) is 2.12. The third kappa shape index (κ3) is 4.61. The Bertz CT molecular complexity index is 362. The maximum Gasteiger partial charge on any atom is 0.0395 e. The largest absolute Gasteiger partial charge is 0.371 e. The van der Waals surface area contributed by atoms with E-state index in [1.54, 1.807) is 0 Å². The van der Waals surface area contributed by atoms with Crippen LogP contribution in [0.2, 0.25) is 0 Å². The van der Waals surface area contributed by atoms with Crippen molar-refractivity contribution in [3.63, 3.8) is 0 Å². The van der Waals surface area contributed by atoms with Crippen LogP contribution in [-0.2, 0) is 0 Å². The molecule has 1 N–H and O–H groups in total. The van der Waals surface area contributed by atoms with Crippen LogP contribution in [0.15, 0.2) is 30.4 Å². The lowest BCUT2D eigenvalue weighted by Crippen LogP contribution is -2.25. The molecule has 1 aromatic carbocycles. The molecule has 2 nitrogen and oxygen atoms in total. The molecule has 2 heteroatoms. The SMILES string of the molecule is C=C(CNCC)CN(C)c1cc(C)cc(C)c1. The van der Waals surface area contributed by atoms with Gasteiger partial charge in [0.05, 0.1) is 0 Å². The van der Waals surface area contributed by atoms with Gasteiger partial charge in [-0.05, 0) is 49.2 Å². The van der Waals surface area contributed by atoms with Crippen molar-refractivity contribution in [3.05, 3.63) is 41.5 Å².